The molecule has 116 valence electrons. The zero-order chi connectivity index (χ0) is 15.8. The van der Waals surface area contributed by atoms with Gasteiger partial charge in [0.1, 0.15) is 0 Å². The van der Waals surface area contributed by atoms with Crippen molar-refractivity contribution in [3.05, 3.63) is 38.3 Å². The van der Waals surface area contributed by atoms with Crippen LogP contribution in [0.25, 0.3) is 0 Å². The maximum absolute atomic E-state index is 11.9. The van der Waals surface area contributed by atoms with Gasteiger partial charge in [0.05, 0.1) is 16.0 Å². The monoisotopic (exact) mass is 358 g/mol. The number of nitrogens with zero attached hydrogens (tertiary/aromatic N) is 1. The molecule has 1 N–H and O–H groups in total. The van der Waals surface area contributed by atoms with Gasteiger partial charge in [-0.25, -0.2) is 0 Å². The average Bonchev–Trinajstić information content (AvgIpc) is 2.42. The van der Waals surface area contributed by atoms with Crippen LogP contribution in [0.15, 0.2) is 22.7 Å². The first-order valence-electron chi connectivity index (χ1n) is 6.71. The van der Waals surface area contributed by atoms with Crippen molar-refractivity contribution in [1.29, 1.82) is 0 Å². The first-order chi connectivity index (χ1) is 9.91. The third kappa shape index (κ3) is 6.22. The molecule has 0 heterocycles. The molecule has 0 aliphatic heterocycles. The van der Waals surface area contributed by atoms with Gasteiger partial charge in [-0.2, -0.15) is 0 Å². The Morgan fingerprint density at radius 3 is 2.76 bits per heavy atom. The molecule has 0 aromatic heterocycles. The number of nitro benzene ring substituents is 1. The SMILES string of the molecule is CC(C)CCOCCNC(=O)c1ccc(Br)c([N+](=O)[O-])c1. The normalized spacial score (nSPS) is 10.7. The Morgan fingerprint density at radius 1 is 1.43 bits per heavy atom. The summed E-state index contributed by atoms with van der Waals surface area (Å²) in [5.74, 6) is 0.237. The molecule has 0 spiro atoms. The highest BCUT2D eigenvalue weighted by Gasteiger charge is 2.15. The van der Waals surface area contributed by atoms with Crippen molar-refractivity contribution in [1.82, 2.24) is 5.32 Å². The maximum Gasteiger partial charge on any atom is 0.284 e. The second kappa shape index (κ2) is 8.74. The van der Waals surface area contributed by atoms with Crippen molar-refractivity contribution in [2.24, 2.45) is 5.92 Å². The van der Waals surface area contributed by atoms with Gasteiger partial charge in [-0.1, -0.05) is 13.8 Å². The summed E-state index contributed by atoms with van der Waals surface area (Å²) in [6, 6.07) is 4.28. The highest BCUT2D eigenvalue weighted by molar-refractivity contribution is 9.10. The minimum absolute atomic E-state index is 0.129. The van der Waals surface area contributed by atoms with E-state index in [1.54, 1.807) is 0 Å². The molecule has 21 heavy (non-hydrogen) atoms. The Labute approximate surface area is 132 Å². The summed E-state index contributed by atoms with van der Waals surface area (Å²) in [5, 5.41) is 13.5. The van der Waals surface area contributed by atoms with Crippen molar-refractivity contribution in [2.45, 2.75) is 20.3 Å². The summed E-state index contributed by atoms with van der Waals surface area (Å²) in [4.78, 5) is 22.1. The van der Waals surface area contributed by atoms with E-state index < -0.39 is 4.92 Å². The average molecular weight is 359 g/mol. The molecule has 0 atom stereocenters. The predicted molar refractivity (Wildman–Crippen MR) is 83.4 cm³/mol. The van der Waals surface area contributed by atoms with Gasteiger partial charge in [0.2, 0.25) is 0 Å². The van der Waals surface area contributed by atoms with Crippen LogP contribution >= 0.6 is 15.9 Å². The number of halogens is 1. The number of hydrogen-bond acceptors (Lipinski definition) is 4. The van der Waals surface area contributed by atoms with E-state index in [-0.39, 0.29) is 17.2 Å². The zero-order valence-corrected chi connectivity index (χ0v) is 13.7. The van der Waals surface area contributed by atoms with E-state index in [1.807, 2.05) is 0 Å². The highest BCUT2D eigenvalue weighted by Crippen LogP contribution is 2.25. The lowest BCUT2D eigenvalue weighted by Gasteiger charge is -2.08. The molecular formula is C14H19BrN2O4. The Balaban J connectivity index is 2.42. The molecule has 0 bridgehead atoms. The van der Waals surface area contributed by atoms with Crippen molar-refractivity contribution in [3.8, 4) is 0 Å². The first-order valence-corrected chi connectivity index (χ1v) is 7.51. The van der Waals surface area contributed by atoms with Gasteiger partial charge in [0, 0.05) is 24.8 Å². The molecule has 7 heteroatoms. The smallest absolute Gasteiger partial charge is 0.284 e. The van der Waals surface area contributed by atoms with E-state index in [9.17, 15) is 14.9 Å². The zero-order valence-electron chi connectivity index (χ0n) is 12.1. The number of nitrogens with one attached hydrogen (secondary N) is 1. The molecule has 1 rings (SSSR count). The standard InChI is InChI=1S/C14H19BrN2O4/c1-10(2)5-7-21-8-6-16-14(18)11-3-4-12(15)13(9-11)17(19)20/h3-4,9-10H,5-8H2,1-2H3,(H,16,18). The van der Waals surface area contributed by atoms with Crippen LogP contribution < -0.4 is 5.32 Å². The summed E-state index contributed by atoms with van der Waals surface area (Å²) < 4.78 is 5.73. The van der Waals surface area contributed by atoms with E-state index in [0.717, 1.165) is 6.42 Å². The van der Waals surface area contributed by atoms with Gasteiger partial charge in [0.15, 0.2) is 0 Å². The summed E-state index contributed by atoms with van der Waals surface area (Å²) in [6.45, 7) is 5.70. The van der Waals surface area contributed by atoms with Crippen molar-refractivity contribution < 1.29 is 14.5 Å². The second-order valence-corrected chi connectivity index (χ2v) is 5.83. The Morgan fingerprint density at radius 2 is 2.14 bits per heavy atom. The third-order valence-corrected chi connectivity index (χ3v) is 3.45. The largest absolute Gasteiger partial charge is 0.380 e. The number of carbonyl (C=O) groups is 1. The molecule has 0 fully saturated rings. The van der Waals surface area contributed by atoms with Crippen molar-refractivity contribution in [2.75, 3.05) is 19.8 Å². The van der Waals surface area contributed by atoms with E-state index in [2.05, 4.69) is 35.1 Å². The molecule has 0 radical (unpaired) electrons. The Hall–Kier alpha value is -1.47. The van der Waals surface area contributed by atoms with Crippen LogP contribution in [0.5, 0.6) is 0 Å². The third-order valence-electron chi connectivity index (χ3n) is 2.78. The van der Waals surface area contributed by atoms with Crippen LogP contribution in [-0.2, 0) is 4.74 Å². The molecule has 0 unspecified atom stereocenters. The second-order valence-electron chi connectivity index (χ2n) is 4.97. The molecule has 6 nitrogen and oxygen atoms in total. The van der Waals surface area contributed by atoms with Gasteiger partial charge in [-0.3, -0.25) is 14.9 Å². The fraction of sp³-hybridized carbons (Fsp3) is 0.500. The van der Waals surface area contributed by atoms with E-state index in [4.69, 9.17) is 4.74 Å². The van der Waals surface area contributed by atoms with Crippen LogP contribution in [0.3, 0.4) is 0 Å². The van der Waals surface area contributed by atoms with Crippen LogP contribution in [-0.4, -0.2) is 30.6 Å². The molecule has 1 aromatic rings. The number of carbonyl (C=O) groups excluding carboxylic acids is 1. The lowest BCUT2D eigenvalue weighted by atomic mass is 10.1. The summed E-state index contributed by atoms with van der Waals surface area (Å²) in [5.41, 5.74) is 0.128. The quantitative estimate of drug-likeness (QED) is 0.439. The molecule has 0 aliphatic carbocycles. The predicted octanol–water partition coefficient (Wildman–Crippen LogP) is 3.15. The molecule has 1 aromatic carbocycles. The first kappa shape index (κ1) is 17.6. The highest BCUT2D eigenvalue weighted by atomic mass is 79.9. The fourth-order valence-electron chi connectivity index (χ4n) is 1.55. The van der Waals surface area contributed by atoms with E-state index >= 15 is 0 Å². The van der Waals surface area contributed by atoms with E-state index in [0.29, 0.717) is 30.1 Å². The number of rotatable bonds is 8. The lowest BCUT2D eigenvalue weighted by molar-refractivity contribution is -0.385. The van der Waals surface area contributed by atoms with Gasteiger partial charge in [0.25, 0.3) is 11.6 Å². The lowest BCUT2D eigenvalue weighted by Crippen LogP contribution is -2.27. The molecular weight excluding hydrogens is 340 g/mol. The van der Waals surface area contributed by atoms with Crippen LogP contribution in [0.1, 0.15) is 30.6 Å². The molecule has 1 amide bonds. The number of nitro groups is 1. The number of benzene rings is 1. The molecule has 0 aliphatic rings. The fourth-order valence-corrected chi connectivity index (χ4v) is 1.95. The van der Waals surface area contributed by atoms with Crippen molar-refractivity contribution >= 4 is 27.5 Å². The van der Waals surface area contributed by atoms with Gasteiger partial charge < -0.3 is 10.1 Å². The summed E-state index contributed by atoms with van der Waals surface area (Å²) in [6.07, 6.45) is 0.979. The minimum Gasteiger partial charge on any atom is -0.380 e. The van der Waals surface area contributed by atoms with Crippen LogP contribution in [0.2, 0.25) is 0 Å². The van der Waals surface area contributed by atoms with Crippen LogP contribution in [0, 0.1) is 16.0 Å². The summed E-state index contributed by atoms with van der Waals surface area (Å²) in [7, 11) is 0. The summed E-state index contributed by atoms with van der Waals surface area (Å²) >= 11 is 3.08. The Bertz CT molecular complexity index is 506. The number of amides is 1. The Kier molecular flexibility index (Phi) is 7.31. The molecule has 0 saturated heterocycles. The van der Waals surface area contributed by atoms with Gasteiger partial charge in [-0.05, 0) is 40.4 Å². The van der Waals surface area contributed by atoms with E-state index in [1.165, 1.54) is 18.2 Å². The van der Waals surface area contributed by atoms with Gasteiger partial charge >= 0.3 is 0 Å². The minimum atomic E-state index is -0.532. The van der Waals surface area contributed by atoms with Crippen LogP contribution in [0.4, 0.5) is 5.69 Å². The van der Waals surface area contributed by atoms with Gasteiger partial charge in [-0.15, -0.1) is 0 Å². The van der Waals surface area contributed by atoms with Crippen molar-refractivity contribution in [3.63, 3.8) is 0 Å². The maximum atomic E-state index is 11.9. The number of ether oxygens (including phenoxy) is 1. The topological polar surface area (TPSA) is 81.5 Å². The molecule has 0 saturated carbocycles. The number of hydrogen-bond donors (Lipinski definition) is 1.